The van der Waals surface area contributed by atoms with Gasteiger partial charge in [-0.1, -0.05) is 0 Å². The second-order valence-electron chi connectivity index (χ2n) is 4.05. The summed E-state index contributed by atoms with van der Waals surface area (Å²) in [6.07, 6.45) is 4.09. The molecule has 0 unspecified atom stereocenters. The molecule has 2 heterocycles. The minimum atomic E-state index is -0.462. The molecule has 88 valence electrons. The van der Waals surface area contributed by atoms with Gasteiger partial charge >= 0.3 is 0 Å². The highest BCUT2D eigenvalue weighted by Gasteiger charge is 2.25. The lowest BCUT2D eigenvalue weighted by molar-refractivity contribution is -0.400. The molecule has 2 aliphatic heterocycles. The molecule has 5 nitrogen and oxygen atoms in total. The number of ether oxygens (including phenoxy) is 2. The zero-order valence-corrected chi connectivity index (χ0v) is 9.14. The zero-order valence-electron chi connectivity index (χ0n) is 9.14. The Bertz CT molecular complexity index is 489. The number of fused-ring (bicyclic) bond motifs is 2. The van der Waals surface area contributed by atoms with Crippen molar-refractivity contribution in [2.45, 2.75) is 12.8 Å². The molecule has 0 aromatic heterocycles. The number of hydrogen-bond acceptors (Lipinski definition) is 4. The van der Waals surface area contributed by atoms with Crippen LogP contribution in [0.2, 0.25) is 0 Å². The Hall–Kier alpha value is -2.04. The fraction of sp³-hybridized carbons (Fsp3) is 0.333. The van der Waals surface area contributed by atoms with Crippen molar-refractivity contribution in [3.63, 3.8) is 0 Å². The van der Waals surface area contributed by atoms with Gasteiger partial charge in [0.05, 0.1) is 18.1 Å². The highest BCUT2D eigenvalue weighted by molar-refractivity contribution is 5.68. The molecule has 2 aliphatic rings. The lowest BCUT2D eigenvalue weighted by Crippen LogP contribution is -1.93. The van der Waals surface area contributed by atoms with E-state index < -0.39 is 4.92 Å². The molecule has 1 aromatic carbocycles. The summed E-state index contributed by atoms with van der Waals surface area (Å²) in [4.78, 5) is 9.96. The summed E-state index contributed by atoms with van der Waals surface area (Å²) in [5.74, 6) is 1.63. The van der Waals surface area contributed by atoms with Crippen LogP contribution in [0.25, 0.3) is 6.08 Å². The van der Waals surface area contributed by atoms with Crippen LogP contribution < -0.4 is 9.47 Å². The Morgan fingerprint density at radius 1 is 1.29 bits per heavy atom. The van der Waals surface area contributed by atoms with E-state index in [-0.39, 0.29) is 0 Å². The standard InChI is InChI=1S/C12H11NO4/c14-13(15)4-1-10-9-3-6-16-11(9)7-8-2-5-17-12(8)10/h1,4,7H,2-3,5-6H2/b4-1-. The first-order chi connectivity index (χ1) is 8.25. The van der Waals surface area contributed by atoms with Gasteiger partial charge in [0.15, 0.2) is 0 Å². The van der Waals surface area contributed by atoms with E-state index in [0.717, 1.165) is 47.2 Å². The van der Waals surface area contributed by atoms with E-state index in [0.29, 0.717) is 13.2 Å². The summed E-state index contributed by atoms with van der Waals surface area (Å²) in [5.41, 5.74) is 2.90. The fourth-order valence-electron chi connectivity index (χ4n) is 2.33. The van der Waals surface area contributed by atoms with Crippen LogP contribution in [0.1, 0.15) is 16.7 Å². The second-order valence-corrected chi connectivity index (χ2v) is 4.05. The van der Waals surface area contributed by atoms with Gasteiger partial charge in [-0.15, -0.1) is 0 Å². The van der Waals surface area contributed by atoms with E-state index in [2.05, 4.69) is 0 Å². The van der Waals surface area contributed by atoms with Crippen molar-refractivity contribution in [2.75, 3.05) is 13.2 Å². The molecule has 0 aliphatic carbocycles. The highest BCUT2D eigenvalue weighted by Crippen LogP contribution is 2.41. The van der Waals surface area contributed by atoms with E-state index in [1.54, 1.807) is 0 Å². The van der Waals surface area contributed by atoms with Crippen LogP contribution in [0.3, 0.4) is 0 Å². The van der Waals surface area contributed by atoms with Crippen LogP contribution in [0, 0.1) is 10.1 Å². The molecule has 1 aromatic rings. The van der Waals surface area contributed by atoms with Crippen LogP contribution in [0.15, 0.2) is 12.3 Å². The quantitative estimate of drug-likeness (QED) is 0.577. The van der Waals surface area contributed by atoms with Gasteiger partial charge in [-0.05, 0) is 6.07 Å². The van der Waals surface area contributed by atoms with Crippen molar-refractivity contribution in [1.82, 2.24) is 0 Å². The summed E-state index contributed by atoms with van der Waals surface area (Å²) in [7, 11) is 0. The van der Waals surface area contributed by atoms with E-state index in [9.17, 15) is 10.1 Å². The average Bonchev–Trinajstić information content (AvgIpc) is 2.90. The van der Waals surface area contributed by atoms with Gasteiger partial charge in [0.1, 0.15) is 11.5 Å². The van der Waals surface area contributed by atoms with Gasteiger partial charge < -0.3 is 9.47 Å². The predicted octanol–water partition coefficient (Wildman–Crippen LogP) is 1.80. The Morgan fingerprint density at radius 3 is 2.94 bits per heavy atom. The number of nitro groups is 1. The molecule has 0 atom stereocenters. The van der Waals surface area contributed by atoms with Gasteiger partial charge in [-0.25, -0.2) is 0 Å². The first kappa shape index (κ1) is 10.1. The van der Waals surface area contributed by atoms with Crippen molar-refractivity contribution in [3.8, 4) is 11.5 Å². The summed E-state index contributed by atoms with van der Waals surface area (Å²) in [6, 6.07) is 1.99. The molecule has 0 saturated heterocycles. The molecule has 3 rings (SSSR count). The van der Waals surface area contributed by atoms with E-state index in [1.165, 1.54) is 6.08 Å². The number of benzene rings is 1. The second kappa shape index (κ2) is 3.76. The van der Waals surface area contributed by atoms with Crippen LogP contribution in [0.4, 0.5) is 0 Å². The smallest absolute Gasteiger partial charge is 0.235 e. The van der Waals surface area contributed by atoms with Crippen LogP contribution in [-0.2, 0) is 12.8 Å². The SMILES string of the molecule is O=[N+]([O-])/C=C\c1c2c(cc3c1OCC3)OCC2. The molecule has 0 N–H and O–H groups in total. The molecule has 0 spiro atoms. The van der Waals surface area contributed by atoms with Crippen molar-refractivity contribution in [1.29, 1.82) is 0 Å². The molecule has 0 radical (unpaired) electrons. The maximum Gasteiger partial charge on any atom is 0.235 e. The predicted molar refractivity (Wildman–Crippen MR) is 60.9 cm³/mol. The van der Waals surface area contributed by atoms with Crippen molar-refractivity contribution < 1.29 is 14.4 Å². The first-order valence-electron chi connectivity index (χ1n) is 5.52. The normalized spacial score (nSPS) is 16.5. The van der Waals surface area contributed by atoms with Crippen LogP contribution >= 0.6 is 0 Å². The van der Waals surface area contributed by atoms with Gasteiger partial charge in [-0.2, -0.15) is 0 Å². The average molecular weight is 233 g/mol. The molecular formula is C12H11NO4. The maximum absolute atomic E-state index is 10.4. The number of hydrogen-bond donors (Lipinski definition) is 0. The minimum Gasteiger partial charge on any atom is -0.493 e. The highest BCUT2D eigenvalue weighted by atomic mass is 16.6. The Balaban J connectivity index is 2.14. The summed E-state index contributed by atoms with van der Waals surface area (Å²) in [5, 5.41) is 10.4. The van der Waals surface area contributed by atoms with Gasteiger partial charge in [0.25, 0.3) is 0 Å². The molecule has 17 heavy (non-hydrogen) atoms. The maximum atomic E-state index is 10.4. The summed E-state index contributed by atoms with van der Waals surface area (Å²) >= 11 is 0. The minimum absolute atomic E-state index is 0.462. The fourth-order valence-corrected chi connectivity index (χ4v) is 2.33. The lowest BCUT2D eigenvalue weighted by atomic mass is 9.99. The Kier molecular flexibility index (Phi) is 2.24. The van der Waals surface area contributed by atoms with Crippen molar-refractivity contribution >= 4 is 6.08 Å². The summed E-state index contributed by atoms with van der Waals surface area (Å²) < 4.78 is 11.1. The van der Waals surface area contributed by atoms with Gasteiger partial charge in [-0.3, -0.25) is 10.1 Å². The van der Waals surface area contributed by atoms with Gasteiger partial charge in [0.2, 0.25) is 6.20 Å². The largest absolute Gasteiger partial charge is 0.493 e. The monoisotopic (exact) mass is 233 g/mol. The van der Waals surface area contributed by atoms with Crippen LogP contribution in [0.5, 0.6) is 11.5 Å². The Labute approximate surface area is 97.8 Å². The third kappa shape index (κ3) is 1.63. The van der Waals surface area contributed by atoms with E-state index in [4.69, 9.17) is 9.47 Å². The van der Waals surface area contributed by atoms with Gasteiger partial charge in [0, 0.05) is 35.6 Å². The molecule has 0 amide bonds. The Morgan fingerprint density at radius 2 is 2.12 bits per heavy atom. The third-order valence-electron chi connectivity index (χ3n) is 3.05. The number of nitrogens with zero attached hydrogens (tertiary/aromatic N) is 1. The molecule has 0 fully saturated rings. The van der Waals surface area contributed by atoms with E-state index >= 15 is 0 Å². The topological polar surface area (TPSA) is 61.6 Å². The molecule has 0 bridgehead atoms. The first-order valence-corrected chi connectivity index (χ1v) is 5.52. The molecule has 5 heteroatoms. The molecule has 0 saturated carbocycles. The van der Waals surface area contributed by atoms with Crippen molar-refractivity contribution in [2.24, 2.45) is 0 Å². The van der Waals surface area contributed by atoms with E-state index in [1.807, 2.05) is 6.07 Å². The van der Waals surface area contributed by atoms with Crippen molar-refractivity contribution in [3.05, 3.63) is 39.1 Å². The van der Waals surface area contributed by atoms with Crippen LogP contribution in [-0.4, -0.2) is 18.1 Å². The lowest BCUT2D eigenvalue weighted by Gasteiger charge is -2.08. The summed E-state index contributed by atoms with van der Waals surface area (Å²) in [6.45, 7) is 1.27. The third-order valence-corrected chi connectivity index (χ3v) is 3.05. The molecular weight excluding hydrogens is 222 g/mol. The zero-order chi connectivity index (χ0) is 11.8. The number of rotatable bonds is 2.